The number of aliphatic imine (C=N–C) groups is 1. The van der Waals surface area contributed by atoms with E-state index in [-0.39, 0.29) is 29.4 Å². The topological polar surface area (TPSA) is 42.9 Å². The molecule has 0 bridgehead atoms. The van der Waals surface area contributed by atoms with Gasteiger partial charge in [0.25, 0.3) is 0 Å². The summed E-state index contributed by atoms with van der Waals surface area (Å²) in [5.41, 5.74) is 1.70. The van der Waals surface area contributed by atoms with Crippen LogP contribution in [0.3, 0.4) is 0 Å². The van der Waals surface area contributed by atoms with Gasteiger partial charge in [0.15, 0.2) is 5.96 Å². The third-order valence-corrected chi connectivity index (χ3v) is 6.21. The van der Waals surface area contributed by atoms with E-state index < -0.39 is 0 Å². The normalized spacial score (nSPS) is 20.1. The Kier molecular flexibility index (Phi) is 10.0. The van der Waals surface area contributed by atoms with E-state index in [1.165, 1.54) is 57.5 Å². The van der Waals surface area contributed by atoms with Crippen LogP contribution in [-0.4, -0.2) is 74.7 Å². The molecule has 1 aliphatic heterocycles. The number of benzene rings is 1. The third kappa shape index (κ3) is 6.32. The first-order valence-electron chi connectivity index (χ1n) is 10.8. The lowest BCUT2D eigenvalue weighted by Crippen LogP contribution is -2.49. The lowest BCUT2D eigenvalue weighted by molar-refractivity contribution is 0.139. The Morgan fingerprint density at radius 2 is 1.68 bits per heavy atom. The Labute approximate surface area is 188 Å². The van der Waals surface area contributed by atoms with E-state index in [2.05, 4.69) is 64.6 Å². The molecule has 5 nitrogen and oxygen atoms in total. The first-order valence-corrected chi connectivity index (χ1v) is 10.8. The van der Waals surface area contributed by atoms with Gasteiger partial charge in [0, 0.05) is 51.2 Å². The molecular weight excluding hydrogens is 461 g/mol. The first kappa shape index (κ1) is 23.4. The Balaban J connectivity index is 0.00000280. The second kappa shape index (κ2) is 12.0. The van der Waals surface area contributed by atoms with Crippen molar-refractivity contribution in [1.29, 1.82) is 0 Å². The Bertz CT molecular complexity index is 580. The quantitative estimate of drug-likeness (QED) is 0.328. The number of halogens is 1. The summed E-state index contributed by atoms with van der Waals surface area (Å²) in [6.07, 6.45) is 3.82. The molecular formula is C22H38IN5. The number of nitrogens with zero attached hydrogens (tertiary/aromatic N) is 3. The number of guanidine groups is 1. The zero-order valence-corrected chi connectivity index (χ0v) is 20.0. The zero-order valence-electron chi connectivity index (χ0n) is 17.6. The van der Waals surface area contributed by atoms with Crippen molar-refractivity contribution in [3.63, 3.8) is 0 Å². The van der Waals surface area contributed by atoms with Gasteiger partial charge in [-0.15, -0.1) is 24.0 Å². The van der Waals surface area contributed by atoms with E-state index >= 15 is 0 Å². The van der Waals surface area contributed by atoms with E-state index in [1.54, 1.807) is 0 Å². The molecule has 0 unspecified atom stereocenters. The van der Waals surface area contributed by atoms with Crippen molar-refractivity contribution in [2.24, 2.45) is 4.99 Å². The summed E-state index contributed by atoms with van der Waals surface area (Å²) in [7, 11) is 0. The van der Waals surface area contributed by atoms with Crippen LogP contribution >= 0.6 is 24.0 Å². The van der Waals surface area contributed by atoms with Gasteiger partial charge in [0.1, 0.15) is 0 Å². The highest BCUT2D eigenvalue weighted by Gasteiger charge is 2.38. The van der Waals surface area contributed by atoms with Crippen LogP contribution < -0.4 is 10.6 Å². The van der Waals surface area contributed by atoms with Crippen LogP contribution in [0.5, 0.6) is 0 Å². The predicted octanol–water partition coefficient (Wildman–Crippen LogP) is 2.92. The van der Waals surface area contributed by atoms with E-state index in [1.807, 2.05) is 0 Å². The highest BCUT2D eigenvalue weighted by atomic mass is 127. The van der Waals surface area contributed by atoms with E-state index in [0.29, 0.717) is 0 Å². The summed E-state index contributed by atoms with van der Waals surface area (Å²) in [5.74, 6) is 0.965. The average Bonchev–Trinajstić information content (AvgIpc) is 2.68. The van der Waals surface area contributed by atoms with Crippen LogP contribution in [0.1, 0.15) is 38.7 Å². The highest BCUT2D eigenvalue weighted by Crippen LogP contribution is 2.43. The predicted molar refractivity (Wildman–Crippen MR) is 130 cm³/mol. The fraction of sp³-hybridized carbons (Fsp3) is 0.682. The van der Waals surface area contributed by atoms with Crippen LogP contribution in [0, 0.1) is 0 Å². The van der Waals surface area contributed by atoms with E-state index in [9.17, 15) is 0 Å². The first-order chi connectivity index (χ1) is 13.3. The van der Waals surface area contributed by atoms with Crippen molar-refractivity contribution >= 4 is 29.9 Å². The summed E-state index contributed by atoms with van der Waals surface area (Å²) >= 11 is 0. The minimum absolute atomic E-state index is 0. The second-order valence-corrected chi connectivity index (χ2v) is 7.90. The molecule has 1 saturated carbocycles. The largest absolute Gasteiger partial charge is 0.357 e. The van der Waals surface area contributed by atoms with Gasteiger partial charge in [-0.25, -0.2) is 0 Å². The van der Waals surface area contributed by atoms with Gasteiger partial charge in [-0.2, -0.15) is 0 Å². The number of nitrogens with one attached hydrogen (secondary N) is 2. The monoisotopic (exact) mass is 499 g/mol. The maximum atomic E-state index is 4.96. The Hall–Kier alpha value is -0.860. The summed E-state index contributed by atoms with van der Waals surface area (Å²) in [6, 6.07) is 10.9. The summed E-state index contributed by atoms with van der Waals surface area (Å²) in [5, 5.41) is 6.97. The number of rotatable bonds is 8. The van der Waals surface area contributed by atoms with Crippen molar-refractivity contribution in [2.75, 3.05) is 58.9 Å². The van der Waals surface area contributed by atoms with Crippen LogP contribution in [-0.2, 0) is 5.41 Å². The molecule has 1 saturated heterocycles. The molecule has 2 aliphatic rings. The standard InChI is InChI=1S/C22H37N5.HI/c1-3-23-21(24-13-14-27-17-15-26(4-2)16-18-27)25-19-22(11-8-12-22)20-9-6-5-7-10-20;/h5-7,9-10H,3-4,8,11-19H2,1-2H3,(H2,23,24,25);1H. The number of hydrogen-bond acceptors (Lipinski definition) is 3. The van der Waals surface area contributed by atoms with Crippen LogP contribution in [0.2, 0.25) is 0 Å². The van der Waals surface area contributed by atoms with Gasteiger partial charge in [-0.1, -0.05) is 43.7 Å². The minimum Gasteiger partial charge on any atom is -0.357 e. The van der Waals surface area contributed by atoms with Gasteiger partial charge in [0.05, 0.1) is 6.54 Å². The lowest BCUT2D eigenvalue weighted by atomic mass is 9.64. The Morgan fingerprint density at radius 3 is 2.25 bits per heavy atom. The van der Waals surface area contributed by atoms with Gasteiger partial charge in [-0.05, 0) is 31.9 Å². The maximum Gasteiger partial charge on any atom is 0.191 e. The molecule has 0 amide bonds. The van der Waals surface area contributed by atoms with E-state index in [4.69, 9.17) is 4.99 Å². The summed E-state index contributed by atoms with van der Waals surface area (Å²) < 4.78 is 0. The molecule has 2 fully saturated rings. The van der Waals surface area contributed by atoms with Gasteiger partial charge in [0.2, 0.25) is 0 Å². The number of hydrogen-bond donors (Lipinski definition) is 2. The molecule has 3 rings (SSSR count). The number of likely N-dealkylation sites (N-methyl/N-ethyl adjacent to an activating group) is 1. The second-order valence-electron chi connectivity index (χ2n) is 7.90. The van der Waals surface area contributed by atoms with Crippen molar-refractivity contribution < 1.29 is 0 Å². The summed E-state index contributed by atoms with van der Waals surface area (Å²) in [6.45, 7) is 14.1. The van der Waals surface area contributed by atoms with Crippen molar-refractivity contribution in [3.05, 3.63) is 35.9 Å². The molecule has 0 atom stereocenters. The fourth-order valence-electron chi connectivity index (χ4n) is 4.17. The fourth-order valence-corrected chi connectivity index (χ4v) is 4.17. The molecule has 1 aliphatic carbocycles. The van der Waals surface area contributed by atoms with E-state index in [0.717, 1.165) is 32.1 Å². The molecule has 0 spiro atoms. The van der Waals surface area contributed by atoms with Crippen LogP contribution in [0.4, 0.5) is 0 Å². The molecule has 6 heteroatoms. The van der Waals surface area contributed by atoms with Gasteiger partial charge >= 0.3 is 0 Å². The van der Waals surface area contributed by atoms with Gasteiger partial charge in [-0.3, -0.25) is 9.89 Å². The minimum atomic E-state index is 0. The highest BCUT2D eigenvalue weighted by molar-refractivity contribution is 14.0. The molecule has 1 aromatic carbocycles. The molecule has 1 aromatic rings. The lowest BCUT2D eigenvalue weighted by Gasteiger charge is -2.41. The molecule has 28 heavy (non-hydrogen) atoms. The van der Waals surface area contributed by atoms with Crippen molar-refractivity contribution in [3.8, 4) is 0 Å². The molecule has 2 N–H and O–H groups in total. The van der Waals surface area contributed by atoms with Crippen LogP contribution in [0.15, 0.2) is 35.3 Å². The van der Waals surface area contributed by atoms with Gasteiger partial charge < -0.3 is 15.5 Å². The van der Waals surface area contributed by atoms with Crippen LogP contribution in [0.25, 0.3) is 0 Å². The van der Waals surface area contributed by atoms with Crippen molar-refractivity contribution in [2.45, 2.75) is 38.5 Å². The zero-order chi connectivity index (χ0) is 19.0. The maximum absolute atomic E-state index is 4.96. The van der Waals surface area contributed by atoms with Crippen molar-refractivity contribution in [1.82, 2.24) is 20.4 Å². The SMILES string of the molecule is CCNC(=NCC1(c2ccccc2)CCC1)NCCN1CCN(CC)CC1.I. The third-order valence-electron chi connectivity index (χ3n) is 6.21. The smallest absolute Gasteiger partial charge is 0.191 e. The number of piperazine rings is 1. The molecule has 0 radical (unpaired) electrons. The molecule has 1 heterocycles. The Morgan fingerprint density at radius 1 is 1.00 bits per heavy atom. The summed E-state index contributed by atoms with van der Waals surface area (Å²) in [4.78, 5) is 10.0. The molecule has 158 valence electrons. The average molecular weight is 499 g/mol. The molecule has 0 aromatic heterocycles.